The summed E-state index contributed by atoms with van der Waals surface area (Å²) in [4.78, 5) is 31.7. The van der Waals surface area contributed by atoms with Gasteiger partial charge in [0.25, 0.3) is 5.91 Å². The summed E-state index contributed by atoms with van der Waals surface area (Å²) >= 11 is 0. The van der Waals surface area contributed by atoms with Gasteiger partial charge in [-0.05, 0) is 112 Å². The number of ether oxygens (including phenoxy) is 2. The molecular formula is C38H50FN7O5S. The van der Waals surface area contributed by atoms with Crippen LogP contribution in [-0.2, 0) is 34.0 Å². The van der Waals surface area contributed by atoms with Gasteiger partial charge in [0.05, 0.1) is 18.9 Å². The number of hydrogen-bond donors (Lipinski definition) is 2. The summed E-state index contributed by atoms with van der Waals surface area (Å²) < 4.78 is 34.0. The predicted molar refractivity (Wildman–Crippen MR) is 199 cm³/mol. The molecule has 6 rings (SSSR count). The number of rotatable bonds is 19. The summed E-state index contributed by atoms with van der Waals surface area (Å²) in [5.74, 6) is -0.0542. The fourth-order valence-corrected chi connectivity index (χ4v) is 7.27. The van der Waals surface area contributed by atoms with Crippen LogP contribution in [0.5, 0.6) is 0 Å². The van der Waals surface area contributed by atoms with Crippen molar-refractivity contribution in [1.29, 1.82) is 0 Å². The number of aryl methyl sites for hydroxylation is 2. The van der Waals surface area contributed by atoms with Gasteiger partial charge in [-0.2, -0.15) is 9.49 Å². The number of benzene rings is 1. The van der Waals surface area contributed by atoms with E-state index in [1.165, 1.54) is 0 Å². The minimum absolute atomic E-state index is 0.0479. The Morgan fingerprint density at radius 1 is 1.00 bits per heavy atom. The van der Waals surface area contributed by atoms with Gasteiger partial charge in [-0.25, -0.2) is 24.3 Å². The number of aromatic nitrogens is 5. The number of hydrogen-bond acceptors (Lipinski definition) is 9. The van der Waals surface area contributed by atoms with Crippen LogP contribution in [0.3, 0.4) is 0 Å². The number of carbonyl (C=O) groups is 2. The lowest BCUT2D eigenvalue weighted by Gasteiger charge is -2.27. The van der Waals surface area contributed by atoms with E-state index < -0.39 is 33.8 Å². The van der Waals surface area contributed by atoms with Crippen molar-refractivity contribution in [1.82, 2.24) is 30.4 Å². The molecule has 0 aliphatic heterocycles. The number of halogens is 1. The van der Waals surface area contributed by atoms with Gasteiger partial charge < -0.3 is 20.1 Å². The summed E-state index contributed by atoms with van der Waals surface area (Å²) in [5, 5.41) is 18.2. The Morgan fingerprint density at radius 2 is 1.73 bits per heavy atom. The molecule has 0 spiro atoms. The van der Waals surface area contributed by atoms with E-state index in [0.29, 0.717) is 61.4 Å². The van der Waals surface area contributed by atoms with E-state index in [0.717, 1.165) is 42.7 Å². The molecule has 1 unspecified atom stereocenters. The zero-order chi connectivity index (χ0) is 36.8. The van der Waals surface area contributed by atoms with Crippen LogP contribution in [0.15, 0.2) is 47.1 Å². The Hall–Kier alpha value is -4.14. The van der Waals surface area contributed by atoms with E-state index in [4.69, 9.17) is 14.1 Å². The molecule has 0 bridgehead atoms. The van der Waals surface area contributed by atoms with Crippen molar-refractivity contribution in [3.8, 4) is 11.1 Å². The molecular weight excluding hydrogens is 686 g/mol. The van der Waals surface area contributed by atoms with Gasteiger partial charge in [0, 0.05) is 29.2 Å². The molecule has 1 aromatic carbocycles. The van der Waals surface area contributed by atoms with Crippen molar-refractivity contribution < 1.29 is 28.1 Å². The first-order valence-corrected chi connectivity index (χ1v) is 21.0. The number of nitrogens with one attached hydrogen (secondary N) is 2. The van der Waals surface area contributed by atoms with E-state index in [1.807, 2.05) is 44.2 Å². The maximum Gasteiger partial charge on any atom is 0.276 e. The molecule has 52 heavy (non-hydrogen) atoms. The quantitative estimate of drug-likeness (QED) is 0.0865. The van der Waals surface area contributed by atoms with Gasteiger partial charge in [0.15, 0.2) is 5.69 Å². The first-order valence-electron chi connectivity index (χ1n) is 18.0. The van der Waals surface area contributed by atoms with Crippen molar-refractivity contribution in [2.75, 3.05) is 43.1 Å². The smallest absolute Gasteiger partial charge is 0.276 e. The molecule has 280 valence electrons. The van der Waals surface area contributed by atoms with E-state index in [1.54, 1.807) is 16.8 Å². The van der Waals surface area contributed by atoms with Gasteiger partial charge in [0.2, 0.25) is 11.9 Å². The highest BCUT2D eigenvalue weighted by Gasteiger charge is 2.48. The van der Waals surface area contributed by atoms with Crippen LogP contribution in [0, 0.1) is 37.5 Å². The van der Waals surface area contributed by atoms with Crippen molar-refractivity contribution in [3.05, 3.63) is 76.8 Å². The van der Waals surface area contributed by atoms with Crippen LogP contribution in [0.2, 0.25) is 0 Å². The van der Waals surface area contributed by atoms with E-state index >= 15 is 4.39 Å². The minimum atomic E-state index is -0.863. The van der Waals surface area contributed by atoms with Gasteiger partial charge in [-0.1, -0.05) is 35.5 Å². The van der Waals surface area contributed by atoms with Gasteiger partial charge in [-0.15, -0.1) is 0 Å². The lowest BCUT2D eigenvalue weighted by Crippen LogP contribution is -2.50. The van der Waals surface area contributed by atoms with E-state index in [9.17, 15) is 9.59 Å². The first-order chi connectivity index (χ1) is 25.0. The summed E-state index contributed by atoms with van der Waals surface area (Å²) in [6.07, 6.45) is 11.7. The highest BCUT2D eigenvalue weighted by atomic mass is 32.3. The Morgan fingerprint density at radius 3 is 2.40 bits per heavy atom. The van der Waals surface area contributed by atoms with Crippen LogP contribution >= 0.6 is 10.0 Å². The van der Waals surface area contributed by atoms with Crippen molar-refractivity contribution >= 4 is 27.7 Å². The van der Waals surface area contributed by atoms with Gasteiger partial charge in [0.1, 0.15) is 24.3 Å². The molecule has 2 amide bonds. The summed E-state index contributed by atoms with van der Waals surface area (Å²) in [5.41, 5.74) is 3.87. The average molecular weight is 736 g/mol. The molecule has 0 radical (unpaired) electrons. The third-order valence-corrected chi connectivity index (χ3v) is 11.1. The zero-order valence-corrected chi connectivity index (χ0v) is 31.5. The highest BCUT2D eigenvalue weighted by molar-refractivity contribution is 8.32. The van der Waals surface area contributed by atoms with Crippen molar-refractivity contribution in [3.63, 3.8) is 0 Å². The molecule has 1 atom stereocenters. The zero-order valence-electron chi connectivity index (χ0n) is 30.7. The lowest BCUT2D eigenvalue weighted by atomic mass is 9.88. The first kappa shape index (κ1) is 37.6. The number of anilines is 1. The van der Waals surface area contributed by atoms with E-state index in [-0.39, 0.29) is 29.7 Å². The third kappa shape index (κ3) is 9.84. The van der Waals surface area contributed by atoms with Crippen LogP contribution in [0.4, 0.5) is 10.2 Å². The Bertz CT molecular complexity index is 1820. The van der Waals surface area contributed by atoms with Crippen LogP contribution in [0.1, 0.15) is 65.2 Å². The van der Waals surface area contributed by atoms with Gasteiger partial charge >= 0.3 is 0 Å². The molecule has 14 heteroatoms. The van der Waals surface area contributed by atoms with E-state index in [2.05, 4.69) is 49.8 Å². The normalized spacial score (nSPS) is 15.5. The number of carbonyl (C=O) groups excluding carboxylic acids is 2. The lowest BCUT2D eigenvalue weighted by molar-refractivity contribution is -0.119. The number of pyridine rings is 1. The molecule has 0 saturated heterocycles. The second kappa shape index (κ2) is 16.7. The van der Waals surface area contributed by atoms with Gasteiger partial charge in [-0.3, -0.25) is 9.59 Å². The summed E-state index contributed by atoms with van der Waals surface area (Å²) in [6, 6.07) is 12.2. The van der Waals surface area contributed by atoms with Crippen LogP contribution < -0.4 is 10.6 Å². The summed E-state index contributed by atoms with van der Waals surface area (Å²) in [7, 11) is -0.672. The summed E-state index contributed by atoms with van der Waals surface area (Å²) in [6.45, 7) is 5.56. The molecule has 3 heterocycles. The molecule has 3 aromatic heterocycles. The van der Waals surface area contributed by atoms with Crippen LogP contribution in [0.25, 0.3) is 11.1 Å². The Kier molecular flexibility index (Phi) is 12.1. The second-order valence-electron chi connectivity index (χ2n) is 14.8. The number of nitrogens with zero attached hydrogens (tertiary/aromatic N) is 5. The Balaban J connectivity index is 1.10. The largest absolute Gasteiger partial charge is 0.377 e. The maximum absolute atomic E-state index is 15.7. The minimum Gasteiger partial charge on any atom is -0.377 e. The highest BCUT2D eigenvalue weighted by Crippen LogP contribution is 2.51. The predicted octanol–water partition coefficient (Wildman–Crippen LogP) is 6.07. The molecule has 2 N–H and O–H groups in total. The standard InChI is InChI=1S/C38H50FN7O5S/c1-24-32(25(2)46(43-24)23-50-20-21-52(3,4)5)29-17-18-31(40-36(29)39)41-38(48)35(33(27-13-14-27)28-15-16-28)42-37(47)34-30(44-51-45-34)12-9-19-49-22-26-10-7-6-8-11-26/h6-8,10-11,17-18,27-28,33,35H,9,12-16,19-23H2,1-5H3,(H,42,47)(H,40,41,48). The molecule has 4 aromatic rings. The van der Waals surface area contributed by atoms with Crippen molar-refractivity contribution in [2.45, 2.75) is 71.8 Å². The second-order valence-corrected chi connectivity index (χ2v) is 19.4. The fraction of sp³-hybridized carbons (Fsp3) is 0.526. The average Bonchev–Trinajstić information content (AvgIpc) is 4.05. The van der Waals surface area contributed by atoms with Crippen molar-refractivity contribution in [2.24, 2.45) is 17.8 Å². The fourth-order valence-electron chi connectivity index (χ4n) is 6.65. The number of amides is 2. The molecule has 12 nitrogen and oxygen atoms in total. The maximum atomic E-state index is 15.7. The topological polar surface area (TPSA) is 146 Å². The van der Waals surface area contributed by atoms with Crippen LogP contribution in [-0.4, -0.2) is 80.7 Å². The molecule has 2 aliphatic carbocycles. The SMILES string of the molecule is Cc1nn(COCCS(C)(C)C)c(C)c1-c1ccc(NC(=O)C(NC(=O)c2nonc2CCCOCc2ccccc2)C(C2CC2)C2CC2)nc1F. The molecule has 2 saturated carbocycles. The third-order valence-electron chi connectivity index (χ3n) is 9.68. The Labute approximate surface area is 305 Å². The monoisotopic (exact) mass is 735 g/mol. The molecule has 2 aliphatic rings. The molecule has 2 fully saturated rings.